The van der Waals surface area contributed by atoms with E-state index >= 15 is 0 Å². The Morgan fingerprint density at radius 3 is 2.03 bits per heavy atom. The number of ketones is 1. The molecule has 37 heavy (non-hydrogen) atoms. The smallest absolute Gasteiger partial charge is 0.269 e. The molecule has 0 fully saturated rings. The van der Waals surface area contributed by atoms with Crippen LogP contribution in [0.2, 0.25) is 0 Å². The molecule has 2 aromatic rings. The number of carbonyl (C=O) groups excluding carboxylic acids is 4. The van der Waals surface area contributed by atoms with Crippen molar-refractivity contribution in [1.82, 2.24) is 14.9 Å². The first-order valence-corrected chi connectivity index (χ1v) is 12.4. The van der Waals surface area contributed by atoms with Crippen molar-refractivity contribution in [1.29, 1.82) is 5.41 Å². The van der Waals surface area contributed by atoms with Gasteiger partial charge in [0.25, 0.3) is 5.91 Å². The molecule has 0 radical (unpaired) electrons. The second kappa shape index (κ2) is 11.8. The topological polar surface area (TPSA) is 102 Å². The van der Waals surface area contributed by atoms with Crippen LogP contribution in [0.4, 0.5) is 0 Å². The molecular weight excluding hydrogens is 468 g/mol. The number of nitrogens with zero attached hydrogens (tertiary/aromatic N) is 3. The van der Waals surface area contributed by atoms with Gasteiger partial charge in [-0.3, -0.25) is 19.2 Å². The summed E-state index contributed by atoms with van der Waals surface area (Å²) in [5.41, 5.74) is 1.69. The van der Waals surface area contributed by atoms with E-state index in [1.165, 1.54) is 16.8 Å². The summed E-state index contributed by atoms with van der Waals surface area (Å²) in [6.07, 6.45) is 2.40. The lowest BCUT2D eigenvalue weighted by molar-refractivity contribution is -0.168. The highest BCUT2D eigenvalue weighted by Crippen LogP contribution is 2.33. The van der Waals surface area contributed by atoms with Crippen molar-refractivity contribution in [3.8, 4) is 0 Å². The molecule has 0 aliphatic carbocycles. The third kappa shape index (κ3) is 5.85. The standard InChI is InChI=1S/C29H34N4O4/c1-19(2)27-29(37)33(25(23-14-10-7-11-15-23)18-31(27)28(36)20(3)4)32(21(5)34)24(26(35)17-30)16-22-12-8-6-9-13-22/h6-15,17-20,24,27,30H,16H2,1-5H3/t24-,27+/m0/s1. The number of hydrogen-bond acceptors (Lipinski definition) is 5. The van der Waals surface area contributed by atoms with Crippen molar-refractivity contribution >= 4 is 35.4 Å². The van der Waals surface area contributed by atoms with E-state index in [0.717, 1.165) is 10.6 Å². The third-order valence-electron chi connectivity index (χ3n) is 6.28. The zero-order valence-corrected chi connectivity index (χ0v) is 21.9. The van der Waals surface area contributed by atoms with E-state index in [4.69, 9.17) is 5.41 Å². The van der Waals surface area contributed by atoms with E-state index in [9.17, 15) is 19.2 Å². The average molecular weight is 503 g/mol. The molecule has 2 aromatic carbocycles. The summed E-state index contributed by atoms with van der Waals surface area (Å²) in [5, 5.41) is 10.1. The monoisotopic (exact) mass is 502 g/mol. The molecule has 0 unspecified atom stereocenters. The van der Waals surface area contributed by atoms with Crippen molar-refractivity contribution in [3.05, 3.63) is 78.0 Å². The summed E-state index contributed by atoms with van der Waals surface area (Å²) in [6, 6.07) is 16.1. The lowest BCUT2D eigenvalue weighted by Gasteiger charge is -2.47. The number of benzene rings is 2. The SMILES string of the molecule is CC(=O)N([C@@H](Cc1ccccc1)C(=O)C=N)N1C(=O)[C@@H](C(C)C)N(C(=O)C(C)C)C=C1c1ccccc1. The molecule has 0 aromatic heterocycles. The van der Waals surface area contributed by atoms with Crippen LogP contribution in [0.3, 0.4) is 0 Å². The Bertz CT molecular complexity index is 1190. The van der Waals surface area contributed by atoms with Crippen molar-refractivity contribution in [2.45, 2.75) is 53.1 Å². The van der Waals surface area contributed by atoms with E-state index in [0.29, 0.717) is 17.5 Å². The van der Waals surface area contributed by atoms with Gasteiger partial charge in [0.1, 0.15) is 12.1 Å². The van der Waals surface area contributed by atoms with Crippen LogP contribution in [0.25, 0.3) is 5.70 Å². The number of hydrogen-bond donors (Lipinski definition) is 1. The molecule has 1 N–H and O–H groups in total. The van der Waals surface area contributed by atoms with Crippen LogP contribution in [0.15, 0.2) is 66.9 Å². The minimum absolute atomic E-state index is 0.113. The van der Waals surface area contributed by atoms with Crippen LogP contribution >= 0.6 is 0 Å². The molecule has 0 spiro atoms. The predicted molar refractivity (Wildman–Crippen MR) is 142 cm³/mol. The first-order chi connectivity index (χ1) is 17.6. The Hall–Kier alpha value is -4.07. The van der Waals surface area contributed by atoms with Crippen molar-refractivity contribution < 1.29 is 19.2 Å². The molecule has 0 saturated heterocycles. The zero-order valence-electron chi connectivity index (χ0n) is 21.9. The molecule has 3 rings (SSSR count). The zero-order chi connectivity index (χ0) is 27.3. The highest BCUT2D eigenvalue weighted by molar-refractivity contribution is 6.29. The number of nitrogens with one attached hydrogen (secondary N) is 1. The minimum Gasteiger partial charge on any atom is -0.305 e. The van der Waals surface area contributed by atoms with E-state index in [1.54, 1.807) is 44.3 Å². The normalized spacial score (nSPS) is 16.5. The quantitative estimate of drug-likeness (QED) is 0.525. The summed E-state index contributed by atoms with van der Waals surface area (Å²) >= 11 is 0. The van der Waals surface area contributed by atoms with Crippen molar-refractivity contribution in [2.24, 2.45) is 11.8 Å². The molecule has 3 amide bonds. The van der Waals surface area contributed by atoms with Crippen LogP contribution in [0, 0.1) is 17.2 Å². The van der Waals surface area contributed by atoms with Gasteiger partial charge in [0.15, 0.2) is 5.78 Å². The van der Waals surface area contributed by atoms with Gasteiger partial charge in [-0.1, -0.05) is 88.4 Å². The largest absolute Gasteiger partial charge is 0.305 e. The van der Waals surface area contributed by atoms with Gasteiger partial charge >= 0.3 is 0 Å². The summed E-state index contributed by atoms with van der Waals surface area (Å²) < 4.78 is 0. The summed E-state index contributed by atoms with van der Waals surface area (Å²) in [5.74, 6) is -2.48. The first-order valence-electron chi connectivity index (χ1n) is 12.4. The number of carbonyl (C=O) groups is 4. The summed E-state index contributed by atoms with van der Waals surface area (Å²) in [7, 11) is 0. The first kappa shape index (κ1) is 27.5. The molecule has 1 aliphatic heterocycles. The van der Waals surface area contributed by atoms with E-state index in [1.807, 2.05) is 50.2 Å². The Morgan fingerprint density at radius 1 is 0.973 bits per heavy atom. The predicted octanol–water partition coefficient (Wildman–Crippen LogP) is 3.93. The lowest BCUT2D eigenvalue weighted by atomic mass is 9.96. The highest BCUT2D eigenvalue weighted by atomic mass is 16.2. The maximum Gasteiger partial charge on any atom is 0.269 e. The lowest BCUT2D eigenvalue weighted by Crippen LogP contribution is -2.63. The van der Waals surface area contributed by atoms with Gasteiger partial charge in [-0.15, -0.1) is 0 Å². The van der Waals surface area contributed by atoms with Crippen molar-refractivity contribution in [3.63, 3.8) is 0 Å². The maximum absolute atomic E-state index is 14.2. The second-order valence-corrected chi connectivity index (χ2v) is 9.74. The van der Waals surface area contributed by atoms with Gasteiger partial charge in [0.2, 0.25) is 11.8 Å². The highest BCUT2D eigenvalue weighted by Gasteiger charge is 2.46. The van der Waals surface area contributed by atoms with Crippen molar-refractivity contribution in [2.75, 3.05) is 0 Å². The van der Waals surface area contributed by atoms with Gasteiger partial charge in [0, 0.05) is 31.0 Å². The second-order valence-electron chi connectivity index (χ2n) is 9.74. The molecule has 8 heteroatoms. The van der Waals surface area contributed by atoms with Gasteiger partial charge in [-0.25, -0.2) is 10.0 Å². The molecular formula is C29H34N4O4. The molecule has 0 saturated carbocycles. The van der Waals surface area contributed by atoms with Crippen LogP contribution in [0.1, 0.15) is 45.7 Å². The summed E-state index contributed by atoms with van der Waals surface area (Å²) in [4.78, 5) is 55.2. The van der Waals surface area contributed by atoms with E-state index in [-0.39, 0.29) is 24.2 Å². The van der Waals surface area contributed by atoms with E-state index in [2.05, 4.69) is 0 Å². The molecule has 0 bridgehead atoms. The average Bonchev–Trinajstić information content (AvgIpc) is 2.88. The number of amides is 3. The number of hydrazine groups is 1. The fourth-order valence-corrected chi connectivity index (χ4v) is 4.50. The Morgan fingerprint density at radius 2 is 1.54 bits per heavy atom. The molecule has 194 valence electrons. The van der Waals surface area contributed by atoms with Crippen LogP contribution < -0.4 is 0 Å². The van der Waals surface area contributed by atoms with Crippen LogP contribution in [-0.2, 0) is 25.6 Å². The molecule has 1 aliphatic rings. The Labute approximate surface area is 218 Å². The van der Waals surface area contributed by atoms with Gasteiger partial charge in [0.05, 0.1) is 11.9 Å². The molecule has 2 atom stereocenters. The van der Waals surface area contributed by atoms with Crippen LogP contribution in [0.5, 0.6) is 0 Å². The van der Waals surface area contributed by atoms with E-state index < -0.39 is 29.7 Å². The number of rotatable bonds is 9. The Kier molecular flexibility index (Phi) is 8.76. The summed E-state index contributed by atoms with van der Waals surface area (Å²) in [6.45, 7) is 8.51. The molecule has 8 nitrogen and oxygen atoms in total. The van der Waals surface area contributed by atoms with Gasteiger partial charge in [-0.05, 0) is 11.5 Å². The van der Waals surface area contributed by atoms with Gasteiger partial charge < -0.3 is 10.3 Å². The fraction of sp³-hybridized carbons (Fsp3) is 0.345. The fourth-order valence-electron chi connectivity index (χ4n) is 4.50. The van der Waals surface area contributed by atoms with Gasteiger partial charge in [-0.2, -0.15) is 0 Å². The Balaban J connectivity index is 2.26. The minimum atomic E-state index is -1.13. The maximum atomic E-state index is 14.2. The number of Topliss-reactive ketones (excluding diaryl/α,β-unsaturated/α-hetero) is 1. The third-order valence-corrected chi connectivity index (χ3v) is 6.28. The van der Waals surface area contributed by atoms with Crippen LogP contribution in [-0.4, -0.2) is 56.7 Å². The molecule has 1 heterocycles.